The van der Waals surface area contributed by atoms with Crippen LogP contribution >= 0.6 is 11.8 Å². The Morgan fingerprint density at radius 3 is 2.52 bits per heavy atom. The molecule has 25 heavy (non-hydrogen) atoms. The SMILES string of the molecule is C=CCOC[C@H]1SC(O)[C@@H](OC(=O)c2ccc(C)cc2)[C@@H]1OCC=C. The maximum Gasteiger partial charge on any atom is 0.338 e. The fourth-order valence-electron chi connectivity index (χ4n) is 2.50. The van der Waals surface area contributed by atoms with Gasteiger partial charge >= 0.3 is 5.97 Å². The number of hydrogen-bond donors (Lipinski definition) is 1. The van der Waals surface area contributed by atoms with E-state index in [2.05, 4.69) is 13.2 Å². The quantitative estimate of drug-likeness (QED) is 0.413. The number of aryl methyl sites for hydroxylation is 1. The van der Waals surface area contributed by atoms with E-state index in [0.29, 0.717) is 25.4 Å². The largest absolute Gasteiger partial charge is 0.452 e. The molecule has 5 nitrogen and oxygen atoms in total. The van der Waals surface area contributed by atoms with E-state index in [1.165, 1.54) is 11.8 Å². The Balaban J connectivity index is 2.06. The van der Waals surface area contributed by atoms with Gasteiger partial charge in [-0.05, 0) is 19.1 Å². The molecule has 0 spiro atoms. The van der Waals surface area contributed by atoms with E-state index in [9.17, 15) is 9.90 Å². The van der Waals surface area contributed by atoms with Gasteiger partial charge in [-0.15, -0.1) is 24.9 Å². The highest BCUT2D eigenvalue weighted by Crippen LogP contribution is 2.37. The Kier molecular flexibility index (Phi) is 7.71. The number of thioether (sulfide) groups is 1. The minimum atomic E-state index is -0.874. The van der Waals surface area contributed by atoms with Crippen LogP contribution in [0.15, 0.2) is 49.6 Å². The third-order valence-electron chi connectivity index (χ3n) is 3.74. The van der Waals surface area contributed by atoms with Crippen LogP contribution in [0, 0.1) is 6.92 Å². The molecule has 4 atom stereocenters. The lowest BCUT2D eigenvalue weighted by Crippen LogP contribution is -2.40. The van der Waals surface area contributed by atoms with Crippen LogP contribution in [0.5, 0.6) is 0 Å². The second-order valence-corrected chi connectivity index (χ2v) is 7.07. The summed E-state index contributed by atoms with van der Waals surface area (Å²) in [6.45, 7) is 10.3. The predicted molar refractivity (Wildman–Crippen MR) is 98.7 cm³/mol. The number of ether oxygens (including phenoxy) is 3. The molecule has 1 N–H and O–H groups in total. The van der Waals surface area contributed by atoms with Crippen molar-refractivity contribution >= 4 is 17.7 Å². The molecule has 0 amide bonds. The van der Waals surface area contributed by atoms with E-state index in [4.69, 9.17) is 14.2 Å². The van der Waals surface area contributed by atoms with Crippen LogP contribution in [0.2, 0.25) is 0 Å². The second-order valence-electron chi connectivity index (χ2n) is 5.71. The van der Waals surface area contributed by atoms with E-state index < -0.39 is 23.6 Å². The molecule has 0 saturated carbocycles. The van der Waals surface area contributed by atoms with Crippen LogP contribution in [0.4, 0.5) is 0 Å². The molecular weight excluding hydrogens is 340 g/mol. The highest BCUT2D eigenvalue weighted by Gasteiger charge is 2.46. The Morgan fingerprint density at radius 2 is 1.88 bits per heavy atom. The molecule has 1 aliphatic heterocycles. The zero-order chi connectivity index (χ0) is 18.2. The smallest absolute Gasteiger partial charge is 0.338 e. The van der Waals surface area contributed by atoms with E-state index in [1.807, 2.05) is 19.1 Å². The van der Waals surface area contributed by atoms with E-state index in [-0.39, 0.29) is 5.25 Å². The van der Waals surface area contributed by atoms with Crippen LogP contribution in [-0.2, 0) is 14.2 Å². The summed E-state index contributed by atoms with van der Waals surface area (Å²) in [7, 11) is 0. The van der Waals surface area contributed by atoms with Gasteiger partial charge in [0.2, 0.25) is 0 Å². The molecule has 6 heteroatoms. The van der Waals surface area contributed by atoms with Gasteiger partial charge in [0.25, 0.3) is 0 Å². The Bertz CT molecular complexity index is 586. The number of esters is 1. The van der Waals surface area contributed by atoms with Crippen molar-refractivity contribution in [3.05, 3.63) is 60.7 Å². The Hall–Kier alpha value is -1.60. The van der Waals surface area contributed by atoms with Crippen LogP contribution in [-0.4, -0.2) is 53.8 Å². The summed E-state index contributed by atoms with van der Waals surface area (Å²) in [6, 6.07) is 7.09. The fraction of sp³-hybridized carbons (Fsp3) is 0.421. The van der Waals surface area contributed by atoms with Crippen molar-refractivity contribution < 1.29 is 24.1 Å². The number of aliphatic hydroxyl groups is 1. The molecule has 1 saturated heterocycles. The van der Waals surface area contributed by atoms with Gasteiger partial charge in [0.05, 0.1) is 30.6 Å². The van der Waals surface area contributed by atoms with Crippen LogP contribution in [0.3, 0.4) is 0 Å². The molecule has 1 heterocycles. The average molecular weight is 364 g/mol. The summed E-state index contributed by atoms with van der Waals surface area (Å²) in [5, 5.41) is 10.2. The number of rotatable bonds is 9. The van der Waals surface area contributed by atoms with E-state index in [0.717, 1.165) is 5.56 Å². The minimum absolute atomic E-state index is 0.147. The highest BCUT2D eigenvalue weighted by atomic mass is 32.2. The van der Waals surface area contributed by atoms with Gasteiger partial charge in [0.15, 0.2) is 6.10 Å². The highest BCUT2D eigenvalue weighted by molar-refractivity contribution is 8.00. The van der Waals surface area contributed by atoms with E-state index >= 15 is 0 Å². The molecule has 1 fully saturated rings. The lowest BCUT2D eigenvalue weighted by molar-refractivity contribution is -0.0677. The average Bonchev–Trinajstić information content (AvgIpc) is 2.89. The maximum absolute atomic E-state index is 12.4. The Morgan fingerprint density at radius 1 is 1.20 bits per heavy atom. The van der Waals surface area contributed by atoms with Crippen molar-refractivity contribution in [2.24, 2.45) is 0 Å². The number of carbonyl (C=O) groups is 1. The first kappa shape index (κ1) is 19.7. The molecule has 1 unspecified atom stereocenters. The summed E-state index contributed by atoms with van der Waals surface area (Å²) >= 11 is 1.28. The third kappa shape index (κ3) is 5.44. The molecule has 136 valence electrons. The molecule has 0 radical (unpaired) electrons. The first-order chi connectivity index (χ1) is 12.1. The van der Waals surface area contributed by atoms with Crippen molar-refractivity contribution in [2.75, 3.05) is 19.8 Å². The first-order valence-corrected chi connectivity index (χ1v) is 9.03. The normalized spacial score (nSPS) is 25.5. The zero-order valence-corrected chi connectivity index (χ0v) is 15.1. The van der Waals surface area contributed by atoms with Crippen LogP contribution in [0.1, 0.15) is 15.9 Å². The topological polar surface area (TPSA) is 65.0 Å². The number of benzene rings is 1. The Labute approximate surface area is 152 Å². The molecule has 1 aromatic carbocycles. The fourth-order valence-corrected chi connectivity index (χ4v) is 3.78. The lowest BCUT2D eigenvalue weighted by atomic mass is 10.1. The van der Waals surface area contributed by atoms with Crippen molar-refractivity contribution in [3.8, 4) is 0 Å². The van der Waals surface area contributed by atoms with Crippen molar-refractivity contribution in [3.63, 3.8) is 0 Å². The predicted octanol–water partition coefficient (Wildman–Crippen LogP) is 2.73. The number of carbonyl (C=O) groups excluding carboxylic acids is 1. The summed E-state index contributed by atoms with van der Waals surface area (Å²) < 4.78 is 16.8. The molecule has 0 bridgehead atoms. The van der Waals surface area contributed by atoms with Gasteiger partial charge in [0, 0.05) is 0 Å². The maximum atomic E-state index is 12.4. The summed E-state index contributed by atoms with van der Waals surface area (Å²) in [5.74, 6) is -0.482. The van der Waals surface area contributed by atoms with Crippen LogP contribution in [0.25, 0.3) is 0 Å². The first-order valence-electron chi connectivity index (χ1n) is 8.09. The van der Waals surface area contributed by atoms with Gasteiger partial charge in [-0.25, -0.2) is 4.79 Å². The molecule has 1 aromatic rings. The monoisotopic (exact) mass is 364 g/mol. The minimum Gasteiger partial charge on any atom is -0.452 e. The van der Waals surface area contributed by atoms with Crippen LogP contribution < -0.4 is 0 Å². The molecule has 2 rings (SSSR count). The second kappa shape index (κ2) is 9.77. The number of hydrogen-bond acceptors (Lipinski definition) is 6. The molecule has 0 aromatic heterocycles. The van der Waals surface area contributed by atoms with Crippen molar-refractivity contribution in [1.82, 2.24) is 0 Å². The third-order valence-corrected chi connectivity index (χ3v) is 5.04. The standard InChI is InChI=1S/C19H24O5S/c1-4-10-22-12-15-16(23-11-5-2)17(19(21)25-15)24-18(20)14-8-6-13(3)7-9-14/h4-9,15-17,19,21H,1-2,10-12H2,3H3/t15-,16-,17+,19?/m1/s1. The van der Waals surface area contributed by atoms with Gasteiger partial charge in [-0.3, -0.25) is 0 Å². The zero-order valence-electron chi connectivity index (χ0n) is 14.3. The van der Waals surface area contributed by atoms with Crippen molar-refractivity contribution in [1.29, 1.82) is 0 Å². The van der Waals surface area contributed by atoms with Gasteiger partial charge in [-0.2, -0.15) is 0 Å². The van der Waals surface area contributed by atoms with Gasteiger partial charge in [-0.1, -0.05) is 29.8 Å². The van der Waals surface area contributed by atoms with Crippen molar-refractivity contribution in [2.45, 2.75) is 29.8 Å². The summed E-state index contributed by atoms with van der Waals surface area (Å²) in [6.07, 6.45) is 2.04. The lowest BCUT2D eigenvalue weighted by Gasteiger charge is -2.24. The van der Waals surface area contributed by atoms with E-state index in [1.54, 1.807) is 24.3 Å². The summed E-state index contributed by atoms with van der Waals surface area (Å²) in [4.78, 5) is 12.4. The van der Waals surface area contributed by atoms with Gasteiger partial charge in [0.1, 0.15) is 11.5 Å². The summed E-state index contributed by atoms with van der Waals surface area (Å²) in [5.41, 5.74) is 0.623. The molecule has 1 aliphatic rings. The van der Waals surface area contributed by atoms with Gasteiger partial charge < -0.3 is 19.3 Å². The molecular formula is C19H24O5S. The molecule has 0 aliphatic carbocycles. The number of aliphatic hydroxyl groups excluding tert-OH is 1.